The highest BCUT2D eigenvalue weighted by Gasteiger charge is 2.22. The molecule has 11 heteroatoms. The molecule has 0 radical (unpaired) electrons. The molecule has 0 bridgehead atoms. The van der Waals surface area contributed by atoms with Crippen molar-refractivity contribution in [3.63, 3.8) is 0 Å². The number of anilines is 1. The molecule has 180 valence electrons. The van der Waals surface area contributed by atoms with Crippen LogP contribution in [0.2, 0.25) is 0 Å². The van der Waals surface area contributed by atoms with E-state index < -0.39 is 22.0 Å². The van der Waals surface area contributed by atoms with E-state index in [1.165, 1.54) is 28.9 Å². The maximum Gasteiger partial charge on any atom is 0.294 e. The van der Waals surface area contributed by atoms with E-state index in [4.69, 9.17) is 0 Å². The fourth-order valence-corrected chi connectivity index (χ4v) is 4.72. The highest BCUT2D eigenvalue weighted by Crippen LogP contribution is 2.23. The van der Waals surface area contributed by atoms with Crippen molar-refractivity contribution in [1.29, 1.82) is 0 Å². The summed E-state index contributed by atoms with van der Waals surface area (Å²) in [6.45, 7) is 4.73. The molecule has 10 nitrogen and oxygen atoms in total. The Hall–Kier alpha value is -3.99. The minimum absolute atomic E-state index is 0.0566. The van der Waals surface area contributed by atoms with E-state index in [0.717, 1.165) is 11.5 Å². The van der Waals surface area contributed by atoms with Crippen molar-refractivity contribution in [2.24, 2.45) is 0 Å². The Kier molecular flexibility index (Phi) is 6.97. The Morgan fingerprint density at radius 3 is 2.49 bits per heavy atom. The third-order valence-electron chi connectivity index (χ3n) is 5.65. The predicted octanol–water partition coefficient (Wildman–Crippen LogP) is 3.20. The monoisotopic (exact) mass is 493 g/mol. The van der Waals surface area contributed by atoms with Gasteiger partial charge >= 0.3 is 0 Å². The number of rotatable bonds is 5. The number of thioether (sulfide) groups is 1. The van der Waals surface area contributed by atoms with Crippen LogP contribution in [0.5, 0.6) is 0 Å². The van der Waals surface area contributed by atoms with Gasteiger partial charge in [0.1, 0.15) is 5.69 Å². The van der Waals surface area contributed by atoms with Gasteiger partial charge in [-0.25, -0.2) is 4.68 Å². The van der Waals surface area contributed by atoms with Gasteiger partial charge < -0.3 is 10.2 Å². The quantitative estimate of drug-likeness (QED) is 0.427. The van der Waals surface area contributed by atoms with Crippen molar-refractivity contribution in [3.05, 3.63) is 91.4 Å². The normalized spacial score (nSPS) is 13.4. The number of nitro benzene ring substituents is 1. The molecule has 1 aliphatic heterocycles. The first-order valence-electron chi connectivity index (χ1n) is 10.9. The number of amides is 2. The number of para-hydroxylation sites is 2. The molecule has 35 heavy (non-hydrogen) atoms. The summed E-state index contributed by atoms with van der Waals surface area (Å²) in [7, 11) is 0. The molecule has 1 aromatic heterocycles. The number of nitro groups is 1. The third kappa shape index (κ3) is 5.09. The van der Waals surface area contributed by atoms with Crippen LogP contribution in [-0.2, 0) is 0 Å². The summed E-state index contributed by atoms with van der Waals surface area (Å²) in [6, 6.07) is 12.1. The molecular weight excluding hydrogens is 470 g/mol. The molecule has 0 aliphatic carbocycles. The van der Waals surface area contributed by atoms with Gasteiger partial charge in [0.25, 0.3) is 17.5 Å². The first-order chi connectivity index (χ1) is 16.8. The smallest absolute Gasteiger partial charge is 0.294 e. The van der Waals surface area contributed by atoms with Crippen LogP contribution >= 0.6 is 11.8 Å². The second kappa shape index (κ2) is 10.1. The van der Waals surface area contributed by atoms with Crippen LogP contribution in [0.4, 0.5) is 11.4 Å². The second-order valence-electron chi connectivity index (χ2n) is 8.04. The Bertz CT molecular complexity index is 1380. The second-order valence-corrected chi connectivity index (χ2v) is 9.27. The van der Waals surface area contributed by atoms with Crippen LogP contribution in [0.25, 0.3) is 5.69 Å². The molecule has 1 fully saturated rings. The number of aromatic nitrogens is 2. The molecule has 0 saturated carbocycles. The number of aryl methyl sites for hydroxylation is 2. The Morgan fingerprint density at radius 2 is 1.80 bits per heavy atom. The van der Waals surface area contributed by atoms with E-state index in [1.54, 1.807) is 38.1 Å². The minimum atomic E-state index is -0.752. The summed E-state index contributed by atoms with van der Waals surface area (Å²) in [5.74, 6) is 1.01. The van der Waals surface area contributed by atoms with Gasteiger partial charge in [-0.2, -0.15) is 16.9 Å². The molecule has 2 heterocycles. The minimum Gasteiger partial charge on any atom is -0.337 e. The van der Waals surface area contributed by atoms with Gasteiger partial charge in [0.05, 0.1) is 4.92 Å². The highest BCUT2D eigenvalue weighted by molar-refractivity contribution is 7.99. The van der Waals surface area contributed by atoms with Crippen molar-refractivity contribution in [2.75, 3.05) is 29.9 Å². The predicted molar refractivity (Wildman–Crippen MR) is 134 cm³/mol. The maximum atomic E-state index is 13.0. The van der Waals surface area contributed by atoms with Crippen LogP contribution in [-0.4, -0.2) is 56.0 Å². The molecule has 2 amide bonds. The molecule has 1 N–H and O–H groups in total. The fraction of sp³-hybridized carbons (Fsp3) is 0.250. The van der Waals surface area contributed by atoms with E-state index in [-0.39, 0.29) is 17.3 Å². The zero-order valence-corrected chi connectivity index (χ0v) is 20.0. The van der Waals surface area contributed by atoms with Crippen LogP contribution < -0.4 is 10.7 Å². The molecule has 1 aliphatic rings. The lowest BCUT2D eigenvalue weighted by Crippen LogP contribution is -2.37. The molecule has 4 rings (SSSR count). The highest BCUT2D eigenvalue weighted by atomic mass is 32.2. The lowest BCUT2D eigenvalue weighted by atomic mass is 10.1. The molecule has 0 spiro atoms. The number of hydrogen-bond donors (Lipinski definition) is 1. The van der Waals surface area contributed by atoms with Gasteiger partial charge in [0.15, 0.2) is 5.69 Å². The number of nitrogens with zero attached hydrogens (tertiary/aromatic N) is 4. The average molecular weight is 494 g/mol. The molecule has 2 aromatic carbocycles. The third-order valence-corrected chi connectivity index (χ3v) is 6.59. The van der Waals surface area contributed by atoms with Crippen molar-refractivity contribution >= 4 is 35.0 Å². The van der Waals surface area contributed by atoms with Gasteiger partial charge in [0.2, 0.25) is 5.43 Å². The number of benzene rings is 2. The first-order valence-corrected chi connectivity index (χ1v) is 12.1. The number of carbonyl (C=O) groups excluding carboxylic acids is 2. The van der Waals surface area contributed by atoms with Gasteiger partial charge in [-0.3, -0.25) is 24.5 Å². The molecule has 0 atom stereocenters. The van der Waals surface area contributed by atoms with Crippen LogP contribution in [0.1, 0.15) is 32.1 Å². The van der Waals surface area contributed by atoms with Crippen molar-refractivity contribution in [2.45, 2.75) is 13.8 Å². The van der Waals surface area contributed by atoms with Crippen LogP contribution in [0.15, 0.2) is 53.3 Å². The van der Waals surface area contributed by atoms with Crippen LogP contribution in [0, 0.1) is 24.0 Å². The Labute approximate surface area is 205 Å². The van der Waals surface area contributed by atoms with E-state index in [2.05, 4.69) is 10.4 Å². The summed E-state index contributed by atoms with van der Waals surface area (Å²) in [6.07, 6.45) is 0. The summed E-state index contributed by atoms with van der Waals surface area (Å²) in [5.41, 5.74) is 0.874. The Morgan fingerprint density at radius 1 is 1.09 bits per heavy atom. The van der Waals surface area contributed by atoms with E-state index in [0.29, 0.717) is 35.6 Å². The topological polar surface area (TPSA) is 127 Å². The summed E-state index contributed by atoms with van der Waals surface area (Å²) < 4.78 is 1.21. The zero-order valence-electron chi connectivity index (χ0n) is 19.2. The van der Waals surface area contributed by atoms with Gasteiger partial charge in [-0.1, -0.05) is 12.1 Å². The summed E-state index contributed by atoms with van der Waals surface area (Å²) in [5, 5.41) is 18.3. The van der Waals surface area contributed by atoms with Crippen molar-refractivity contribution in [1.82, 2.24) is 14.7 Å². The SMILES string of the molecule is Cc1cc(C(=O)N2CCSCC2)ccc1NC(=O)c1nn(-c2ccccc2[N+](=O)[O-])c(C)cc1=O. The number of hydrogen-bond acceptors (Lipinski definition) is 7. The average Bonchev–Trinajstić information content (AvgIpc) is 2.85. The van der Waals surface area contributed by atoms with Gasteiger partial charge in [-0.15, -0.1) is 0 Å². The lowest BCUT2D eigenvalue weighted by molar-refractivity contribution is -0.384. The maximum absolute atomic E-state index is 13.0. The molecule has 1 saturated heterocycles. The van der Waals surface area contributed by atoms with E-state index in [9.17, 15) is 24.5 Å². The zero-order chi connectivity index (χ0) is 25.1. The molecular formula is C24H23N5O5S. The molecule has 0 unspecified atom stereocenters. The standard InChI is InChI=1S/C24H23N5O5S/c1-15-13-17(24(32)27-9-11-35-12-10-27)7-8-18(15)25-23(31)22-21(30)14-16(2)28(26-22)19-5-3-4-6-20(19)29(33)34/h3-8,13-14H,9-12H2,1-2H3,(H,25,31). The molecule has 3 aromatic rings. The Balaban J connectivity index is 1.61. The first kappa shape index (κ1) is 24.1. The van der Waals surface area contributed by atoms with E-state index in [1.807, 2.05) is 16.7 Å². The van der Waals surface area contributed by atoms with Gasteiger partial charge in [-0.05, 0) is 43.7 Å². The number of nitrogens with one attached hydrogen (secondary N) is 1. The summed E-state index contributed by atoms with van der Waals surface area (Å²) >= 11 is 1.82. The lowest BCUT2D eigenvalue weighted by Gasteiger charge is -2.26. The fourth-order valence-electron chi connectivity index (χ4n) is 3.81. The van der Waals surface area contributed by atoms with Crippen molar-refractivity contribution < 1.29 is 14.5 Å². The van der Waals surface area contributed by atoms with Crippen LogP contribution in [0.3, 0.4) is 0 Å². The summed E-state index contributed by atoms with van der Waals surface area (Å²) in [4.78, 5) is 51.0. The van der Waals surface area contributed by atoms with Gasteiger partial charge in [0, 0.05) is 53.7 Å². The largest absolute Gasteiger partial charge is 0.337 e. The number of carbonyl (C=O) groups is 2. The van der Waals surface area contributed by atoms with E-state index >= 15 is 0 Å². The van der Waals surface area contributed by atoms with Crippen molar-refractivity contribution in [3.8, 4) is 5.69 Å².